The summed E-state index contributed by atoms with van der Waals surface area (Å²) in [6, 6.07) is 15.7. The number of ether oxygens (including phenoxy) is 4. The van der Waals surface area contributed by atoms with Gasteiger partial charge in [-0.3, -0.25) is 13.8 Å². The van der Waals surface area contributed by atoms with E-state index in [2.05, 4.69) is 15.3 Å². The highest BCUT2D eigenvalue weighted by Crippen LogP contribution is 2.26. The maximum Gasteiger partial charge on any atom is 0.297 e. The van der Waals surface area contributed by atoms with Crippen molar-refractivity contribution in [3.8, 4) is 11.5 Å². The van der Waals surface area contributed by atoms with Gasteiger partial charge in [-0.2, -0.15) is 8.42 Å². The molecule has 2 heterocycles. The van der Waals surface area contributed by atoms with E-state index in [-0.39, 0.29) is 60.3 Å². The number of hydrogen-bond acceptors (Lipinski definition) is 10. The molecule has 232 valence electrons. The van der Waals surface area contributed by atoms with Crippen LogP contribution in [0.3, 0.4) is 0 Å². The number of halogens is 1. The van der Waals surface area contributed by atoms with Crippen molar-refractivity contribution >= 4 is 26.9 Å². The molecule has 2 N–H and O–H groups in total. The lowest BCUT2D eigenvalue weighted by molar-refractivity contribution is -0.150. The van der Waals surface area contributed by atoms with Crippen LogP contribution in [-0.2, 0) is 30.3 Å². The highest BCUT2D eigenvalue weighted by molar-refractivity contribution is 7.86. The Kier molecular flexibility index (Phi) is 9.54. The molecule has 1 aromatic heterocycles. The second-order valence-corrected chi connectivity index (χ2v) is 11.6. The maximum atomic E-state index is 14.8. The Morgan fingerprint density at radius 3 is 2.50 bits per heavy atom. The van der Waals surface area contributed by atoms with E-state index in [0.29, 0.717) is 5.75 Å². The summed E-state index contributed by atoms with van der Waals surface area (Å²) in [4.78, 5) is 32.3. The number of H-pyrrole nitrogens is 1. The Bertz CT molecular complexity index is 1810. The van der Waals surface area contributed by atoms with Gasteiger partial charge in [0.05, 0.1) is 37.3 Å². The highest BCUT2D eigenvalue weighted by Gasteiger charge is 2.27. The Balaban J connectivity index is 1.17. The number of methoxy groups -OCH3 is 1. The van der Waals surface area contributed by atoms with E-state index in [4.69, 9.17) is 23.1 Å². The number of aromatic amines is 1. The fraction of sp³-hybridized carbons (Fsp3) is 0.300. The molecule has 1 amide bonds. The molecule has 0 unspecified atom stereocenters. The molecule has 0 saturated carbocycles. The lowest BCUT2D eigenvalue weighted by Crippen LogP contribution is -2.41. The number of hydrogen-bond donors (Lipinski definition) is 2. The molecule has 0 aliphatic carbocycles. The van der Waals surface area contributed by atoms with Crippen molar-refractivity contribution < 1.29 is 40.7 Å². The van der Waals surface area contributed by atoms with Gasteiger partial charge < -0.3 is 29.2 Å². The Morgan fingerprint density at radius 2 is 1.80 bits per heavy atom. The lowest BCUT2D eigenvalue weighted by atomic mass is 10.2. The van der Waals surface area contributed by atoms with Crippen molar-refractivity contribution in [2.75, 3.05) is 33.5 Å². The number of aryl methyl sites for hydroxylation is 1. The van der Waals surface area contributed by atoms with Crippen LogP contribution in [0.2, 0.25) is 0 Å². The zero-order valence-corrected chi connectivity index (χ0v) is 24.7. The van der Waals surface area contributed by atoms with E-state index >= 15 is 0 Å². The fourth-order valence-corrected chi connectivity index (χ4v) is 5.30. The summed E-state index contributed by atoms with van der Waals surface area (Å²) in [6.45, 7) is 1.60. The zero-order valence-electron chi connectivity index (χ0n) is 23.9. The number of amides is 1. The third-order valence-corrected chi connectivity index (χ3v) is 8.05. The van der Waals surface area contributed by atoms with Gasteiger partial charge in [-0.25, -0.2) is 9.37 Å². The van der Waals surface area contributed by atoms with Gasteiger partial charge in [-0.15, -0.1) is 0 Å². The van der Waals surface area contributed by atoms with Crippen molar-refractivity contribution in [3.05, 3.63) is 93.8 Å². The summed E-state index contributed by atoms with van der Waals surface area (Å²) >= 11 is 0. The lowest BCUT2D eigenvalue weighted by Gasteiger charge is -2.29. The molecule has 14 heteroatoms. The standard InChI is InChI=1S/C30H30FN3O9S/c1-18-6-8-23(9-7-18)44(37,38)43-17-22-15-40-21(14-41-22)16-42-27-24(31)10-11-25-26(27)29(35)34-28(33-25)30(36)32-13-19-4-3-5-20(12-19)39-2/h3-12,21-22H,13-17H2,1-2H3,(H,32,36)(H,33,34,35)/t21-,22+/m0/s1. The average Bonchev–Trinajstić information content (AvgIpc) is 3.03. The first kappa shape index (κ1) is 31.1. The van der Waals surface area contributed by atoms with Crippen LogP contribution in [0.4, 0.5) is 4.39 Å². The topological polar surface area (TPSA) is 155 Å². The summed E-state index contributed by atoms with van der Waals surface area (Å²) in [5.74, 6) is -1.39. The molecule has 1 aliphatic heterocycles. The molecule has 4 aromatic rings. The molecule has 2 atom stereocenters. The van der Waals surface area contributed by atoms with Crippen LogP contribution in [-0.4, -0.2) is 70.0 Å². The van der Waals surface area contributed by atoms with Crippen LogP contribution in [0, 0.1) is 12.7 Å². The molecule has 0 bridgehead atoms. The first-order chi connectivity index (χ1) is 21.1. The largest absolute Gasteiger partial charge is 0.497 e. The molecular weight excluding hydrogens is 597 g/mol. The molecular formula is C30H30FN3O9S. The summed E-state index contributed by atoms with van der Waals surface area (Å²) in [7, 11) is -2.43. The molecule has 1 aliphatic rings. The third kappa shape index (κ3) is 7.39. The molecule has 12 nitrogen and oxygen atoms in total. The van der Waals surface area contributed by atoms with E-state index in [1.165, 1.54) is 25.3 Å². The summed E-state index contributed by atoms with van der Waals surface area (Å²) in [5.41, 5.74) is 0.992. The van der Waals surface area contributed by atoms with Crippen LogP contribution in [0.15, 0.2) is 70.4 Å². The van der Waals surface area contributed by atoms with Crippen molar-refractivity contribution in [2.24, 2.45) is 0 Å². The molecule has 1 fully saturated rings. The van der Waals surface area contributed by atoms with Gasteiger partial charge >= 0.3 is 0 Å². The summed E-state index contributed by atoms with van der Waals surface area (Å²) < 4.78 is 66.9. The first-order valence-corrected chi connectivity index (χ1v) is 15.0. The number of fused-ring (bicyclic) bond motifs is 1. The SMILES string of the molecule is COc1cccc(CNC(=O)c2nc3ccc(F)c(OC[C@@H]4CO[C@@H](COS(=O)(=O)c5ccc(C)cc5)CO4)c3c(=O)[nH]2)c1. The van der Waals surface area contributed by atoms with E-state index in [1.807, 2.05) is 6.92 Å². The van der Waals surface area contributed by atoms with Gasteiger partial charge in [-0.1, -0.05) is 29.8 Å². The molecule has 0 spiro atoms. The highest BCUT2D eigenvalue weighted by atomic mass is 32.2. The van der Waals surface area contributed by atoms with Crippen LogP contribution >= 0.6 is 0 Å². The van der Waals surface area contributed by atoms with Crippen molar-refractivity contribution in [3.63, 3.8) is 0 Å². The zero-order chi connectivity index (χ0) is 31.3. The number of carbonyl (C=O) groups excluding carboxylic acids is 1. The van der Waals surface area contributed by atoms with E-state index in [9.17, 15) is 22.4 Å². The Hall–Kier alpha value is -4.37. The Labute approximate surface area is 252 Å². The number of aromatic nitrogens is 2. The van der Waals surface area contributed by atoms with Gasteiger partial charge in [0.15, 0.2) is 17.4 Å². The van der Waals surface area contributed by atoms with E-state index < -0.39 is 39.6 Å². The predicted molar refractivity (Wildman–Crippen MR) is 156 cm³/mol. The Morgan fingerprint density at radius 1 is 1.07 bits per heavy atom. The minimum Gasteiger partial charge on any atom is -0.497 e. The van der Waals surface area contributed by atoms with Gasteiger partial charge in [0.2, 0.25) is 0 Å². The normalized spacial score (nSPS) is 16.9. The minimum atomic E-state index is -3.96. The summed E-state index contributed by atoms with van der Waals surface area (Å²) in [5, 5.41) is 2.51. The minimum absolute atomic E-state index is 0.00579. The second-order valence-electron chi connectivity index (χ2n) is 9.99. The van der Waals surface area contributed by atoms with Gasteiger partial charge in [0.1, 0.15) is 30.0 Å². The molecule has 1 saturated heterocycles. The molecule has 5 rings (SSSR count). The fourth-order valence-electron chi connectivity index (χ4n) is 4.37. The van der Waals surface area contributed by atoms with Crippen LogP contribution in [0.25, 0.3) is 10.9 Å². The number of nitrogens with one attached hydrogen (secondary N) is 2. The number of rotatable bonds is 11. The maximum absolute atomic E-state index is 14.8. The van der Waals surface area contributed by atoms with Crippen LogP contribution in [0.5, 0.6) is 11.5 Å². The number of carbonyl (C=O) groups is 1. The third-order valence-electron chi connectivity index (χ3n) is 6.75. The van der Waals surface area contributed by atoms with Crippen molar-refractivity contribution in [1.29, 1.82) is 0 Å². The molecule has 0 radical (unpaired) electrons. The molecule has 44 heavy (non-hydrogen) atoms. The smallest absolute Gasteiger partial charge is 0.297 e. The first-order valence-electron chi connectivity index (χ1n) is 13.6. The average molecular weight is 628 g/mol. The monoisotopic (exact) mass is 627 g/mol. The van der Waals surface area contributed by atoms with Gasteiger partial charge in [-0.05, 0) is 48.9 Å². The number of benzene rings is 3. The predicted octanol–water partition coefficient (Wildman–Crippen LogP) is 2.88. The van der Waals surface area contributed by atoms with Gasteiger partial charge in [0.25, 0.3) is 21.6 Å². The van der Waals surface area contributed by atoms with E-state index in [1.54, 1.807) is 36.4 Å². The second kappa shape index (κ2) is 13.5. The summed E-state index contributed by atoms with van der Waals surface area (Å²) in [6.07, 6.45) is -1.29. The van der Waals surface area contributed by atoms with Crippen LogP contribution < -0.4 is 20.3 Å². The van der Waals surface area contributed by atoms with Crippen LogP contribution in [0.1, 0.15) is 21.7 Å². The van der Waals surface area contributed by atoms with Crippen molar-refractivity contribution in [2.45, 2.75) is 30.6 Å². The molecule has 3 aromatic carbocycles. The number of nitrogens with zero attached hydrogens (tertiary/aromatic N) is 1. The van der Waals surface area contributed by atoms with Crippen molar-refractivity contribution in [1.82, 2.24) is 15.3 Å². The van der Waals surface area contributed by atoms with E-state index in [0.717, 1.165) is 17.2 Å². The quantitative estimate of drug-likeness (QED) is 0.237. The van der Waals surface area contributed by atoms with Gasteiger partial charge in [0, 0.05) is 6.54 Å².